The first-order chi connectivity index (χ1) is 9.72. The highest BCUT2D eigenvalue weighted by atomic mass is 32.1. The number of ketones is 1. The van der Waals surface area contributed by atoms with Gasteiger partial charge in [0.1, 0.15) is 5.75 Å². The SMILES string of the molecule is COc1cccc(C(=O)CCc2ccc(C=S)cc2)c1. The molecular formula is C17H16O2S. The van der Waals surface area contributed by atoms with Crippen molar-refractivity contribution in [2.75, 3.05) is 7.11 Å². The van der Waals surface area contributed by atoms with Gasteiger partial charge in [0, 0.05) is 17.4 Å². The smallest absolute Gasteiger partial charge is 0.163 e. The number of thiocarbonyl (C=S) groups is 1. The predicted molar refractivity (Wildman–Crippen MR) is 84.8 cm³/mol. The number of carbonyl (C=O) groups is 1. The van der Waals surface area contributed by atoms with Crippen LogP contribution in [0, 0.1) is 0 Å². The summed E-state index contributed by atoms with van der Waals surface area (Å²) in [5.41, 5.74) is 2.85. The highest BCUT2D eigenvalue weighted by Gasteiger charge is 2.07. The van der Waals surface area contributed by atoms with Crippen molar-refractivity contribution in [3.63, 3.8) is 0 Å². The van der Waals surface area contributed by atoms with E-state index in [1.807, 2.05) is 42.5 Å². The van der Waals surface area contributed by atoms with Crippen LogP contribution in [0.3, 0.4) is 0 Å². The Labute approximate surface area is 124 Å². The molecule has 0 aliphatic heterocycles. The summed E-state index contributed by atoms with van der Waals surface area (Å²) >= 11 is 4.86. The lowest BCUT2D eigenvalue weighted by atomic mass is 10.0. The van der Waals surface area contributed by atoms with E-state index in [4.69, 9.17) is 17.0 Å². The molecule has 0 saturated carbocycles. The zero-order valence-corrected chi connectivity index (χ0v) is 12.2. The third-order valence-electron chi connectivity index (χ3n) is 3.15. The largest absolute Gasteiger partial charge is 0.497 e. The Morgan fingerprint density at radius 3 is 2.60 bits per heavy atom. The molecule has 0 spiro atoms. The first-order valence-electron chi connectivity index (χ1n) is 6.44. The fraction of sp³-hybridized carbons (Fsp3) is 0.176. The van der Waals surface area contributed by atoms with Gasteiger partial charge in [-0.2, -0.15) is 0 Å². The number of hydrogen-bond donors (Lipinski definition) is 0. The molecule has 0 aliphatic carbocycles. The zero-order chi connectivity index (χ0) is 14.4. The molecule has 0 radical (unpaired) electrons. The van der Waals surface area contributed by atoms with Crippen molar-refractivity contribution in [3.05, 3.63) is 65.2 Å². The molecule has 2 aromatic carbocycles. The molecule has 102 valence electrons. The summed E-state index contributed by atoms with van der Waals surface area (Å²) in [6, 6.07) is 15.2. The molecule has 0 atom stereocenters. The summed E-state index contributed by atoms with van der Waals surface area (Å²) in [7, 11) is 1.60. The first-order valence-corrected chi connectivity index (χ1v) is 6.91. The lowest BCUT2D eigenvalue weighted by Crippen LogP contribution is -2.01. The lowest BCUT2D eigenvalue weighted by molar-refractivity contribution is 0.0982. The summed E-state index contributed by atoms with van der Waals surface area (Å²) in [5.74, 6) is 0.837. The average Bonchev–Trinajstić information content (AvgIpc) is 2.53. The van der Waals surface area contributed by atoms with E-state index < -0.39 is 0 Å². The van der Waals surface area contributed by atoms with Crippen LogP contribution in [0.25, 0.3) is 0 Å². The molecule has 2 aromatic rings. The summed E-state index contributed by atoms with van der Waals surface area (Å²) in [4.78, 5) is 12.1. The minimum Gasteiger partial charge on any atom is -0.497 e. The van der Waals surface area contributed by atoms with Crippen molar-refractivity contribution in [1.82, 2.24) is 0 Å². The Morgan fingerprint density at radius 2 is 1.95 bits per heavy atom. The van der Waals surface area contributed by atoms with E-state index in [0.717, 1.165) is 17.5 Å². The molecule has 3 heteroatoms. The van der Waals surface area contributed by atoms with Crippen LogP contribution >= 0.6 is 12.2 Å². The van der Waals surface area contributed by atoms with Crippen LogP contribution in [0.1, 0.15) is 27.9 Å². The van der Waals surface area contributed by atoms with Gasteiger partial charge in [-0.25, -0.2) is 0 Å². The van der Waals surface area contributed by atoms with Crippen LogP contribution in [-0.4, -0.2) is 18.3 Å². The summed E-state index contributed by atoms with van der Waals surface area (Å²) in [6.45, 7) is 0. The van der Waals surface area contributed by atoms with Crippen LogP contribution in [0.4, 0.5) is 0 Å². The number of rotatable bonds is 6. The van der Waals surface area contributed by atoms with Gasteiger partial charge in [-0.15, -0.1) is 0 Å². The van der Waals surface area contributed by atoms with Crippen LogP contribution < -0.4 is 4.74 Å². The van der Waals surface area contributed by atoms with Gasteiger partial charge in [0.25, 0.3) is 0 Å². The van der Waals surface area contributed by atoms with Gasteiger partial charge in [0.05, 0.1) is 7.11 Å². The van der Waals surface area contributed by atoms with Crippen molar-refractivity contribution in [1.29, 1.82) is 0 Å². The Hall–Kier alpha value is -2.00. The quantitative estimate of drug-likeness (QED) is 0.595. The number of aryl methyl sites for hydroxylation is 1. The standard InChI is InChI=1S/C17H16O2S/c1-19-16-4-2-3-15(11-16)17(18)10-9-13-5-7-14(12-20)8-6-13/h2-8,11-12H,9-10H2,1H3. The Kier molecular flexibility index (Phi) is 5.02. The summed E-state index contributed by atoms with van der Waals surface area (Å²) in [6.07, 6.45) is 1.22. The molecule has 0 aromatic heterocycles. The van der Waals surface area contributed by atoms with Gasteiger partial charge in [0.15, 0.2) is 5.78 Å². The zero-order valence-electron chi connectivity index (χ0n) is 11.3. The topological polar surface area (TPSA) is 26.3 Å². The first kappa shape index (κ1) is 14.4. The maximum absolute atomic E-state index is 12.1. The second kappa shape index (κ2) is 6.96. The molecule has 20 heavy (non-hydrogen) atoms. The molecule has 0 amide bonds. The molecular weight excluding hydrogens is 268 g/mol. The highest BCUT2D eigenvalue weighted by molar-refractivity contribution is 7.79. The van der Waals surface area contributed by atoms with Crippen LogP contribution in [0.2, 0.25) is 0 Å². The minimum absolute atomic E-state index is 0.128. The van der Waals surface area contributed by atoms with E-state index in [9.17, 15) is 4.79 Å². The van der Waals surface area contributed by atoms with Gasteiger partial charge < -0.3 is 4.74 Å². The summed E-state index contributed by atoms with van der Waals surface area (Å²) in [5, 5.41) is 1.64. The fourth-order valence-corrected chi connectivity index (χ4v) is 2.12. The number of hydrogen-bond acceptors (Lipinski definition) is 3. The molecule has 0 bridgehead atoms. The predicted octanol–water partition coefficient (Wildman–Crippen LogP) is 3.86. The molecule has 0 N–H and O–H groups in total. The van der Waals surface area contributed by atoms with Gasteiger partial charge >= 0.3 is 0 Å². The molecule has 2 rings (SSSR count). The normalized spacial score (nSPS) is 10.1. The lowest BCUT2D eigenvalue weighted by Gasteiger charge is -2.04. The second-order valence-electron chi connectivity index (χ2n) is 4.51. The number of Topliss-reactive ketones (excluding diaryl/α,β-unsaturated/α-hetero) is 1. The number of benzene rings is 2. The third-order valence-corrected chi connectivity index (χ3v) is 3.42. The minimum atomic E-state index is 0.128. The van der Waals surface area contributed by atoms with E-state index in [-0.39, 0.29) is 5.78 Å². The van der Waals surface area contributed by atoms with Crippen molar-refractivity contribution >= 4 is 23.4 Å². The highest BCUT2D eigenvalue weighted by Crippen LogP contribution is 2.15. The van der Waals surface area contributed by atoms with Gasteiger partial charge in [-0.1, -0.05) is 48.6 Å². The van der Waals surface area contributed by atoms with Crippen molar-refractivity contribution in [3.8, 4) is 5.75 Å². The van der Waals surface area contributed by atoms with Crippen LogP contribution in [-0.2, 0) is 6.42 Å². The molecule has 0 aliphatic rings. The Balaban J connectivity index is 1.98. The maximum atomic E-state index is 12.1. The number of methoxy groups -OCH3 is 1. The third kappa shape index (κ3) is 3.75. The molecule has 0 heterocycles. The van der Waals surface area contributed by atoms with E-state index in [1.165, 1.54) is 0 Å². The summed E-state index contributed by atoms with van der Waals surface area (Å²) < 4.78 is 5.13. The van der Waals surface area contributed by atoms with Crippen molar-refractivity contribution < 1.29 is 9.53 Å². The van der Waals surface area contributed by atoms with E-state index in [1.54, 1.807) is 18.5 Å². The molecule has 2 nitrogen and oxygen atoms in total. The average molecular weight is 284 g/mol. The van der Waals surface area contributed by atoms with Crippen molar-refractivity contribution in [2.45, 2.75) is 12.8 Å². The Bertz CT molecular complexity index is 603. The van der Waals surface area contributed by atoms with E-state index in [0.29, 0.717) is 17.7 Å². The number of carbonyl (C=O) groups excluding carboxylic acids is 1. The van der Waals surface area contributed by atoms with Gasteiger partial charge in [0.2, 0.25) is 0 Å². The monoisotopic (exact) mass is 284 g/mol. The Morgan fingerprint density at radius 1 is 1.20 bits per heavy atom. The van der Waals surface area contributed by atoms with Crippen molar-refractivity contribution in [2.24, 2.45) is 0 Å². The maximum Gasteiger partial charge on any atom is 0.163 e. The molecule has 0 fully saturated rings. The van der Waals surface area contributed by atoms with Crippen LogP contribution in [0.5, 0.6) is 5.75 Å². The molecule has 0 saturated heterocycles. The fourth-order valence-electron chi connectivity index (χ4n) is 1.96. The van der Waals surface area contributed by atoms with E-state index in [2.05, 4.69) is 0 Å². The van der Waals surface area contributed by atoms with Gasteiger partial charge in [-0.05, 0) is 29.7 Å². The van der Waals surface area contributed by atoms with Gasteiger partial charge in [-0.3, -0.25) is 4.79 Å². The van der Waals surface area contributed by atoms with Crippen LogP contribution in [0.15, 0.2) is 48.5 Å². The number of ether oxygens (including phenoxy) is 1. The molecule has 0 unspecified atom stereocenters. The van der Waals surface area contributed by atoms with E-state index >= 15 is 0 Å². The second-order valence-corrected chi connectivity index (χ2v) is 4.75.